The van der Waals surface area contributed by atoms with Crippen LogP contribution in [0.4, 0.5) is 0 Å². The molecule has 5 nitrogen and oxygen atoms in total. The third-order valence-corrected chi connectivity index (χ3v) is 1.70. The molecule has 2 rings (SSSR count). The summed E-state index contributed by atoms with van der Waals surface area (Å²) in [6, 6.07) is 1.38. The van der Waals surface area contributed by atoms with Crippen LogP contribution in [-0.2, 0) is 6.42 Å². The molecule has 0 aliphatic heterocycles. The van der Waals surface area contributed by atoms with E-state index in [-0.39, 0.29) is 5.56 Å². The highest BCUT2D eigenvalue weighted by molar-refractivity contribution is 5.70. The SMILES string of the molecule is NCCc1nc2c[nH]c(=O)cc2o1. The minimum Gasteiger partial charge on any atom is -0.440 e. The van der Waals surface area contributed by atoms with Gasteiger partial charge in [-0.25, -0.2) is 4.98 Å². The first-order chi connectivity index (χ1) is 6.29. The highest BCUT2D eigenvalue weighted by atomic mass is 16.3. The average molecular weight is 179 g/mol. The molecule has 2 aromatic rings. The van der Waals surface area contributed by atoms with Crippen molar-refractivity contribution in [3.8, 4) is 0 Å². The van der Waals surface area contributed by atoms with Crippen molar-refractivity contribution in [3.63, 3.8) is 0 Å². The van der Waals surface area contributed by atoms with Crippen molar-refractivity contribution in [2.75, 3.05) is 6.54 Å². The largest absolute Gasteiger partial charge is 0.440 e. The summed E-state index contributed by atoms with van der Waals surface area (Å²) >= 11 is 0. The van der Waals surface area contributed by atoms with Crippen LogP contribution >= 0.6 is 0 Å². The summed E-state index contributed by atoms with van der Waals surface area (Å²) in [7, 11) is 0. The molecule has 0 saturated carbocycles. The van der Waals surface area contributed by atoms with Crippen molar-refractivity contribution in [1.29, 1.82) is 0 Å². The number of nitrogens with zero attached hydrogens (tertiary/aromatic N) is 1. The van der Waals surface area contributed by atoms with Crippen molar-refractivity contribution in [2.24, 2.45) is 5.73 Å². The summed E-state index contributed by atoms with van der Waals surface area (Å²) < 4.78 is 5.28. The van der Waals surface area contributed by atoms with Crippen LogP contribution in [0, 0.1) is 0 Å². The van der Waals surface area contributed by atoms with Crippen LogP contribution in [-0.4, -0.2) is 16.5 Å². The van der Waals surface area contributed by atoms with E-state index >= 15 is 0 Å². The number of rotatable bonds is 2. The van der Waals surface area contributed by atoms with Crippen LogP contribution in [0.25, 0.3) is 11.1 Å². The number of oxazole rings is 1. The zero-order chi connectivity index (χ0) is 9.26. The molecule has 3 N–H and O–H groups in total. The lowest BCUT2D eigenvalue weighted by molar-refractivity contribution is 0.531. The van der Waals surface area contributed by atoms with Crippen LogP contribution in [0.5, 0.6) is 0 Å². The molecular weight excluding hydrogens is 170 g/mol. The smallest absolute Gasteiger partial charge is 0.251 e. The Hall–Kier alpha value is -1.62. The van der Waals surface area contributed by atoms with E-state index in [4.69, 9.17) is 10.2 Å². The number of H-pyrrole nitrogens is 1. The maximum absolute atomic E-state index is 10.9. The molecule has 0 aliphatic rings. The number of aromatic nitrogens is 2. The van der Waals surface area contributed by atoms with Crippen LogP contribution in [0.2, 0.25) is 0 Å². The highest BCUT2D eigenvalue weighted by Crippen LogP contribution is 2.11. The van der Waals surface area contributed by atoms with E-state index in [9.17, 15) is 4.79 Å². The minimum atomic E-state index is -0.192. The van der Waals surface area contributed by atoms with Gasteiger partial charge in [-0.05, 0) is 0 Å². The predicted octanol–water partition coefficient (Wildman–Crippen LogP) is 0.0173. The van der Waals surface area contributed by atoms with E-state index < -0.39 is 0 Å². The first-order valence-corrected chi connectivity index (χ1v) is 3.98. The summed E-state index contributed by atoms with van der Waals surface area (Å²) in [4.78, 5) is 17.5. The van der Waals surface area contributed by atoms with Crippen LogP contribution < -0.4 is 11.3 Å². The molecule has 5 heteroatoms. The van der Waals surface area contributed by atoms with Gasteiger partial charge in [0.1, 0.15) is 5.52 Å². The first kappa shape index (κ1) is 8.00. The summed E-state index contributed by atoms with van der Waals surface area (Å²) in [5.41, 5.74) is 6.31. The maximum Gasteiger partial charge on any atom is 0.251 e. The van der Waals surface area contributed by atoms with Crippen molar-refractivity contribution >= 4 is 11.1 Å². The second-order valence-electron chi connectivity index (χ2n) is 2.69. The highest BCUT2D eigenvalue weighted by Gasteiger charge is 2.04. The second-order valence-corrected chi connectivity index (χ2v) is 2.69. The quantitative estimate of drug-likeness (QED) is 0.680. The van der Waals surface area contributed by atoms with Crippen molar-refractivity contribution in [2.45, 2.75) is 6.42 Å². The van der Waals surface area contributed by atoms with Crippen molar-refractivity contribution in [1.82, 2.24) is 9.97 Å². The first-order valence-electron chi connectivity index (χ1n) is 3.98. The Morgan fingerprint density at radius 3 is 3.23 bits per heavy atom. The summed E-state index contributed by atoms with van der Waals surface area (Å²) in [6.45, 7) is 0.487. The lowest BCUT2D eigenvalue weighted by Crippen LogP contribution is -2.02. The summed E-state index contributed by atoms with van der Waals surface area (Å²) in [5, 5.41) is 0. The number of hydrogen-bond donors (Lipinski definition) is 2. The minimum absolute atomic E-state index is 0.192. The summed E-state index contributed by atoms with van der Waals surface area (Å²) in [6.07, 6.45) is 2.12. The Kier molecular flexibility index (Phi) is 1.86. The molecule has 68 valence electrons. The molecule has 2 heterocycles. The Balaban J connectivity index is 2.55. The van der Waals surface area contributed by atoms with Gasteiger partial charge >= 0.3 is 0 Å². The van der Waals surface area contributed by atoms with Crippen LogP contribution in [0.15, 0.2) is 21.5 Å². The zero-order valence-electron chi connectivity index (χ0n) is 6.91. The van der Waals surface area contributed by atoms with E-state index in [1.165, 1.54) is 12.3 Å². The molecule has 2 aromatic heterocycles. The Morgan fingerprint density at radius 2 is 2.46 bits per heavy atom. The van der Waals surface area contributed by atoms with Gasteiger partial charge in [-0.1, -0.05) is 0 Å². The van der Waals surface area contributed by atoms with Gasteiger partial charge in [0, 0.05) is 25.2 Å². The maximum atomic E-state index is 10.9. The molecular formula is C8H9N3O2. The average Bonchev–Trinajstić information content (AvgIpc) is 2.46. The molecule has 0 spiro atoms. The van der Waals surface area contributed by atoms with Crippen molar-refractivity contribution < 1.29 is 4.42 Å². The molecule has 13 heavy (non-hydrogen) atoms. The van der Waals surface area contributed by atoms with Gasteiger partial charge in [-0.15, -0.1) is 0 Å². The van der Waals surface area contributed by atoms with E-state index in [1.807, 2.05) is 0 Å². The Labute approximate surface area is 73.6 Å². The molecule has 0 unspecified atom stereocenters. The standard InChI is InChI=1S/C8H9N3O2/c9-2-1-8-11-5-4-10-7(12)3-6(5)13-8/h3-4H,1-2,9H2,(H,10,12). The number of fused-ring (bicyclic) bond motifs is 1. The molecule has 0 radical (unpaired) electrons. The lowest BCUT2D eigenvalue weighted by Gasteiger charge is -1.85. The number of nitrogens with two attached hydrogens (primary N) is 1. The zero-order valence-corrected chi connectivity index (χ0v) is 6.91. The molecule has 0 fully saturated rings. The van der Waals surface area contributed by atoms with Gasteiger partial charge in [-0.2, -0.15) is 0 Å². The number of pyridine rings is 1. The molecule has 0 amide bonds. The van der Waals surface area contributed by atoms with E-state index in [0.717, 1.165) is 0 Å². The monoisotopic (exact) mass is 179 g/mol. The van der Waals surface area contributed by atoms with Crippen LogP contribution in [0.3, 0.4) is 0 Å². The molecule has 0 bridgehead atoms. The van der Waals surface area contributed by atoms with Gasteiger partial charge in [0.15, 0.2) is 11.5 Å². The third-order valence-electron chi connectivity index (χ3n) is 1.70. The van der Waals surface area contributed by atoms with Gasteiger partial charge in [0.2, 0.25) is 0 Å². The molecule has 0 aromatic carbocycles. The fourth-order valence-electron chi connectivity index (χ4n) is 1.13. The fourth-order valence-corrected chi connectivity index (χ4v) is 1.13. The normalized spacial score (nSPS) is 10.8. The van der Waals surface area contributed by atoms with Gasteiger partial charge < -0.3 is 15.1 Å². The van der Waals surface area contributed by atoms with Crippen molar-refractivity contribution in [3.05, 3.63) is 28.5 Å². The lowest BCUT2D eigenvalue weighted by atomic mass is 10.4. The van der Waals surface area contributed by atoms with Gasteiger partial charge in [0.05, 0.1) is 0 Å². The predicted molar refractivity (Wildman–Crippen MR) is 47.4 cm³/mol. The molecule has 0 saturated heterocycles. The topological polar surface area (TPSA) is 84.9 Å². The third kappa shape index (κ3) is 1.46. The Bertz CT molecular complexity index is 471. The van der Waals surface area contributed by atoms with E-state index in [0.29, 0.717) is 30.0 Å². The second kappa shape index (κ2) is 3.02. The summed E-state index contributed by atoms with van der Waals surface area (Å²) in [5.74, 6) is 0.566. The van der Waals surface area contributed by atoms with Gasteiger partial charge in [-0.3, -0.25) is 4.79 Å². The molecule has 0 aliphatic carbocycles. The van der Waals surface area contributed by atoms with Crippen LogP contribution in [0.1, 0.15) is 5.89 Å². The van der Waals surface area contributed by atoms with E-state index in [1.54, 1.807) is 0 Å². The van der Waals surface area contributed by atoms with Gasteiger partial charge in [0.25, 0.3) is 5.56 Å². The number of hydrogen-bond acceptors (Lipinski definition) is 4. The van der Waals surface area contributed by atoms with E-state index in [2.05, 4.69) is 9.97 Å². The number of nitrogens with one attached hydrogen (secondary N) is 1. The Morgan fingerprint density at radius 1 is 1.62 bits per heavy atom. The molecule has 0 atom stereocenters. The fraction of sp³-hybridized carbons (Fsp3) is 0.250. The number of aromatic amines is 1.